The van der Waals surface area contributed by atoms with Crippen LogP contribution < -0.4 is 0 Å². The molecule has 1 rings (SSSR count). The topological polar surface area (TPSA) is 6.48 Å². The van der Waals surface area contributed by atoms with Crippen molar-refractivity contribution in [1.82, 2.24) is 9.71 Å². The van der Waals surface area contributed by atoms with E-state index >= 15 is 0 Å². The van der Waals surface area contributed by atoms with Gasteiger partial charge in [-0.25, -0.2) is 0 Å². The summed E-state index contributed by atoms with van der Waals surface area (Å²) in [6.45, 7) is 8.83. The van der Waals surface area contributed by atoms with Gasteiger partial charge < -0.3 is 4.81 Å². The monoisotopic (exact) mass is 166 g/mol. The van der Waals surface area contributed by atoms with Crippen molar-refractivity contribution in [3.8, 4) is 0 Å². The molecule has 0 saturated carbocycles. The van der Waals surface area contributed by atoms with Crippen molar-refractivity contribution < 1.29 is 0 Å². The number of rotatable bonds is 0. The van der Waals surface area contributed by atoms with Gasteiger partial charge in [0, 0.05) is 24.2 Å². The number of piperazine rings is 1. The van der Waals surface area contributed by atoms with Crippen LogP contribution in [0.15, 0.2) is 0 Å². The zero-order chi connectivity index (χ0) is 9.46. The van der Waals surface area contributed by atoms with Crippen molar-refractivity contribution in [1.29, 1.82) is 0 Å². The Morgan fingerprint density at radius 2 is 1.17 bits per heavy atom. The molecule has 0 aliphatic carbocycles. The maximum absolute atomic E-state index is 5.97. The molecule has 3 heteroatoms. The third kappa shape index (κ3) is 1.40. The minimum absolute atomic E-state index is 0.446. The summed E-state index contributed by atoms with van der Waals surface area (Å²) in [5.74, 6) is 0. The number of nitrogens with zero attached hydrogens (tertiary/aromatic N) is 2. The molecule has 0 spiro atoms. The summed E-state index contributed by atoms with van der Waals surface area (Å²) < 4.78 is 0. The molecule has 0 aromatic rings. The normalized spacial score (nSPS) is 46.4. The predicted molar refractivity (Wildman–Crippen MR) is 53.2 cm³/mol. The van der Waals surface area contributed by atoms with Gasteiger partial charge in [0.15, 0.2) is 7.98 Å². The molecule has 2 nitrogen and oxygen atoms in total. The molecule has 12 heavy (non-hydrogen) atoms. The fraction of sp³-hybridized carbons (Fsp3) is 1.00. The van der Waals surface area contributed by atoms with Crippen LogP contribution in [0, 0.1) is 0 Å². The van der Waals surface area contributed by atoms with Crippen LogP contribution in [0.5, 0.6) is 0 Å². The van der Waals surface area contributed by atoms with Crippen molar-refractivity contribution in [3.05, 3.63) is 0 Å². The van der Waals surface area contributed by atoms with E-state index in [0.717, 1.165) is 0 Å². The van der Waals surface area contributed by atoms with Crippen molar-refractivity contribution in [3.63, 3.8) is 0 Å². The highest BCUT2D eigenvalue weighted by Crippen LogP contribution is 2.22. The molecule has 68 valence electrons. The van der Waals surface area contributed by atoms with Gasteiger partial charge in [0.25, 0.3) is 0 Å². The lowest BCUT2D eigenvalue weighted by atomic mass is 9.92. The Hall–Kier alpha value is -0.0151. The summed E-state index contributed by atoms with van der Waals surface area (Å²) in [5.41, 5.74) is 0. The summed E-state index contributed by atoms with van der Waals surface area (Å²) >= 11 is 0. The largest absolute Gasteiger partial charge is 0.346 e. The molecule has 0 bridgehead atoms. The van der Waals surface area contributed by atoms with Gasteiger partial charge in [-0.2, -0.15) is 0 Å². The Bertz CT molecular complexity index is 104. The lowest BCUT2D eigenvalue weighted by Gasteiger charge is -2.50. The minimum Gasteiger partial charge on any atom is -0.346 e. The van der Waals surface area contributed by atoms with Gasteiger partial charge in [-0.15, -0.1) is 0 Å². The Balaban J connectivity index is 2.76. The van der Waals surface area contributed by atoms with E-state index in [1.54, 1.807) is 0 Å². The number of hydrogen-bond acceptors (Lipinski definition) is 2. The maximum Gasteiger partial charge on any atom is 0.183 e. The van der Waals surface area contributed by atoms with E-state index in [1.165, 1.54) is 0 Å². The van der Waals surface area contributed by atoms with E-state index in [0.29, 0.717) is 24.2 Å². The van der Waals surface area contributed by atoms with Crippen LogP contribution in [0.2, 0.25) is 0 Å². The second-order valence-corrected chi connectivity index (χ2v) is 4.08. The standard InChI is InChI=1S/C9H19BN2/c1-6-8(3)12(10)9(4)7(2)11(6)5/h6-9H,1-5H3. The molecule has 1 saturated heterocycles. The quantitative estimate of drug-likeness (QED) is 0.492. The van der Waals surface area contributed by atoms with Crippen LogP contribution in [0.3, 0.4) is 0 Å². The first-order valence-corrected chi connectivity index (χ1v) is 4.71. The van der Waals surface area contributed by atoms with Crippen LogP contribution in [0.4, 0.5) is 0 Å². The van der Waals surface area contributed by atoms with Gasteiger partial charge in [-0.3, -0.25) is 4.90 Å². The Kier molecular flexibility index (Phi) is 2.84. The van der Waals surface area contributed by atoms with Crippen molar-refractivity contribution >= 4 is 7.98 Å². The first kappa shape index (κ1) is 10.1. The lowest BCUT2D eigenvalue weighted by Crippen LogP contribution is -2.63. The summed E-state index contributed by atoms with van der Waals surface area (Å²) in [4.78, 5) is 4.38. The van der Waals surface area contributed by atoms with E-state index in [9.17, 15) is 0 Å². The molecule has 0 aromatic heterocycles. The zero-order valence-electron chi connectivity index (χ0n) is 8.78. The Labute approximate surface area is 77.3 Å². The molecule has 1 fully saturated rings. The molecule has 0 N–H and O–H groups in total. The summed E-state index contributed by atoms with van der Waals surface area (Å²) in [6, 6.07) is 1.98. The fourth-order valence-corrected chi connectivity index (χ4v) is 1.92. The predicted octanol–water partition coefficient (Wildman–Crippen LogP) is 0.871. The molecule has 1 aliphatic rings. The van der Waals surface area contributed by atoms with E-state index in [-0.39, 0.29) is 0 Å². The first-order valence-electron chi connectivity index (χ1n) is 4.71. The van der Waals surface area contributed by atoms with Gasteiger partial charge in [0.05, 0.1) is 0 Å². The van der Waals surface area contributed by atoms with Crippen molar-refractivity contribution in [2.45, 2.75) is 51.9 Å². The van der Waals surface area contributed by atoms with Crippen LogP contribution in [0.25, 0.3) is 0 Å². The maximum atomic E-state index is 5.97. The second-order valence-electron chi connectivity index (χ2n) is 4.08. The molecule has 1 heterocycles. The highest BCUT2D eigenvalue weighted by molar-refractivity contribution is 6.05. The summed E-state index contributed by atoms with van der Waals surface area (Å²) in [7, 11) is 8.15. The Morgan fingerprint density at radius 1 is 0.833 bits per heavy atom. The van der Waals surface area contributed by atoms with Crippen LogP contribution in [-0.4, -0.2) is 48.9 Å². The lowest BCUT2D eigenvalue weighted by molar-refractivity contribution is 0.0256. The summed E-state index contributed by atoms with van der Waals surface area (Å²) in [6.07, 6.45) is 0. The van der Waals surface area contributed by atoms with Gasteiger partial charge in [0.1, 0.15) is 0 Å². The second kappa shape index (κ2) is 3.39. The highest BCUT2D eigenvalue weighted by atomic mass is 15.3. The van der Waals surface area contributed by atoms with Crippen LogP contribution in [-0.2, 0) is 0 Å². The van der Waals surface area contributed by atoms with E-state index in [2.05, 4.69) is 39.6 Å². The van der Waals surface area contributed by atoms with Crippen molar-refractivity contribution in [2.24, 2.45) is 0 Å². The fourth-order valence-electron chi connectivity index (χ4n) is 1.92. The summed E-state index contributed by atoms with van der Waals surface area (Å²) in [5, 5.41) is 0. The zero-order valence-corrected chi connectivity index (χ0v) is 8.78. The number of likely N-dealkylation sites (N-methyl/N-ethyl adjacent to an activating group) is 1. The molecule has 1 aliphatic heterocycles. The molecular weight excluding hydrogens is 147 g/mol. The first-order chi connectivity index (χ1) is 5.46. The van der Waals surface area contributed by atoms with Gasteiger partial charge >= 0.3 is 0 Å². The van der Waals surface area contributed by atoms with Gasteiger partial charge in [-0.05, 0) is 34.7 Å². The number of hydrogen-bond donors (Lipinski definition) is 0. The highest BCUT2D eigenvalue weighted by Gasteiger charge is 2.34. The van der Waals surface area contributed by atoms with E-state index in [1.807, 2.05) is 4.81 Å². The molecule has 2 radical (unpaired) electrons. The van der Waals surface area contributed by atoms with Crippen LogP contribution >= 0.6 is 0 Å². The SMILES string of the molecule is [B]N1C(C)C(C)N(C)C(C)C1C. The molecule has 4 unspecified atom stereocenters. The van der Waals surface area contributed by atoms with Gasteiger partial charge in [0.2, 0.25) is 0 Å². The van der Waals surface area contributed by atoms with E-state index < -0.39 is 0 Å². The Morgan fingerprint density at radius 3 is 1.50 bits per heavy atom. The minimum atomic E-state index is 0.446. The molecular formula is C9H19BN2. The molecule has 4 atom stereocenters. The molecule has 0 amide bonds. The van der Waals surface area contributed by atoms with Crippen LogP contribution in [0.1, 0.15) is 27.7 Å². The average molecular weight is 166 g/mol. The van der Waals surface area contributed by atoms with Gasteiger partial charge in [-0.1, -0.05) is 0 Å². The van der Waals surface area contributed by atoms with Crippen molar-refractivity contribution in [2.75, 3.05) is 7.05 Å². The smallest absolute Gasteiger partial charge is 0.183 e. The molecule has 0 aromatic carbocycles. The average Bonchev–Trinajstić information content (AvgIpc) is 2.08. The van der Waals surface area contributed by atoms with E-state index in [4.69, 9.17) is 7.98 Å². The third-order valence-corrected chi connectivity index (χ3v) is 3.62. The third-order valence-electron chi connectivity index (χ3n) is 3.62.